The van der Waals surface area contributed by atoms with Gasteiger partial charge in [0.1, 0.15) is 9.84 Å². The summed E-state index contributed by atoms with van der Waals surface area (Å²) in [5, 5.41) is 0.350. The highest BCUT2D eigenvalue weighted by Gasteiger charge is 2.59. The minimum Gasteiger partial charge on any atom is -0.342 e. The molecule has 1 aliphatic heterocycles. The molecule has 0 atom stereocenters. The topological polar surface area (TPSA) is 72.3 Å². The second-order valence-electron chi connectivity index (χ2n) is 8.55. The average Bonchev–Trinajstić information content (AvgIpc) is 3.40. The number of sulfone groups is 1. The Morgan fingerprint density at radius 3 is 2.56 bits per heavy atom. The summed E-state index contributed by atoms with van der Waals surface area (Å²) in [6, 6.07) is 6.85. The monoisotopic (exact) mass is 463 g/mol. The molecule has 0 radical (unpaired) electrons. The number of hydrogen-bond acceptors (Lipinski definition) is 4. The summed E-state index contributed by atoms with van der Waals surface area (Å²) in [6.45, 7) is 0.204. The second kappa shape index (κ2) is 6.81. The van der Waals surface area contributed by atoms with Crippen molar-refractivity contribution < 1.29 is 26.4 Å². The third-order valence-electron chi connectivity index (χ3n) is 6.33. The first-order valence-electron chi connectivity index (χ1n) is 10.1. The standard InChI is InChI=1S/C22H20F3N3O3S/c1-32(30,31)9-8-27-16(11-14-10-15(22(23,24)25)2-3-18(14)27)13-28-19-12-26-7-4-17(19)21(5-6-21)20(28)29/h2-4,7,10-12H,5-6,8-9,13H2,1H3. The number of halogens is 3. The summed E-state index contributed by atoms with van der Waals surface area (Å²) < 4.78 is 64.9. The first-order valence-corrected chi connectivity index (χ1v) is 12.2. The van der Waals surface area contributed by atoms with E-state index in [-0.39, 0.29) is 24.7 Å². The Bertz CT molecular complexity index is 1360. The van der Waals surface area contributed by atoms with Crippen molar-refractivity contribution in [2.75, 3.05) is 16.9 Å². The van der Waals surface area contributed by atoms with Gasteiger partial charge in [0, 0.05) is 35.6 Å². The zero-order chi connectivity index (χ0) is 22.9. The first kappa shape index (κ1) is 21.0. The molecule has 2 aliphatic rings. The fourth-order valence-corrected chi connectivity index (χ4v) is 5.09. The fourth-order valence-electron chi connectivity index (χ4n) is 4.57. The molecule has 10 heteroatoms. The summed E-state index contributed by atoms with van der Waals surface area (Å²) in [5.41, 5.74) is 1.40. The number of pyridine rings is 1. The normalized spacial score (nSPS) is 17.4. The highest BCUT2D eigenvalue weighted by molar-refractivity contribution is 7.90. The lowest BCUT2D eigenvalue weighted by atomic mass is 9.99. The van der Waals surface area contributed by atoms with Crippen molar-refractivity contribution in [1.82, 2.24) is 9.55 Å². The third-order valence-corrected chi connectivity index (χ3v) is 7.26. The summed E-state index contributed by atoms with van der Waals surface area (Å²) in [6.07, 6.45) is 1.42. The number of alkyl halides is 3. The van der Waals surface area contributed by atoms with Crippen LogP contribution in [0.25, 0.3) is 10.9 Å². The smallest absolute Gasteiger partial charge is 0.342 e. The third kappa shape index (κ3) is 3.37. The van der Waals surface area contributed by atoms with E-state index in [2.05, 4.69) is 4.98 Å². The number of amides is 1. The van der Waals surface area contributed by atoms with E-state index in [1.807, 2.05) is 6.07 Å². The number of aryl methyl sites for hydroxylation is 1. The van der Waals surface area contributed by atoms with Gasteiger partial charge in [-0.2, -0.15) is 13.2 Å². The van der Waals surface area contributed by atoms with Crippen LogP contribution in [0.2, 0.25) is 0 Å². The number of carbonyl (C=O) groups excluding carboxylic acids is 1. The van der Waals surface area contributed by atoms with Gasteiger partial charge in [0.25, 0.3) is 0 Å². The Balaban J connectivity index is 1.59. The van der Waals surface area contributed by atoms with Crippen LogP contribution in [-0.2, 0) is 39.3 Å². The van der Waals surface area contributed by atoms with Crippen LogP contribution in [0.15, 0.2) is 42.7 Å². The molecule has 1 fully saturated rings. The number of aromatic nitrogens is 2. The number of hydrogen-bond donors (Lipinski definition) is 0. The number of nitrogens with zero attached hydrogens (tertiary/aromatic N) is 3. The fraction of sp³-hybridized carbons (Fsp3) is 0.364. The molecule has 6 nitrogen and oxygen atoms in total. The molecular weight excluding hydrogens is 443 g/mol. The van der Waals surface area contributed by atoms with Crippen molar-refractivity contribution in [3.8, 4) is 0 Å². The van der Waals surface area contributed by atoms with Crippen molar-refractivity contribution >= 4 is 32.3 Å². The SMILES string of the molecule is CS(=O)(=O)CCn1c(CN2C(=O)C3(CC3)c3ccncc32)cc2cc(C(F)(F)F)ccc21. The van der Waals surface area contributed by atoms with E-state index in [0.29, 0.717) is 22.3 Å². The Labute approximate surface area is 182 Å². The summed E-state index contributed by atoms with van der Waals surface area (Å²) >= 11 is 0. The average molecular weight is 463 g/mol. The summed E-state index contributed by atoms with van der Waals surface area (Å²) in [5.74, 6) is -0.211. The summed E-state index contributed by atoms with van der Waals surface area (Å²) in [4.78, 5) is 19.0. The van der Waals surface area contributed by atoms with Crippen molar-refractivity contribution in [3.63, 3.8) is 0 Å². The van der Waals surface area contributed by atoms with Gasteiger partial charge >= 0.3 is 6.18 Å². The number of rotatable bonds is 5. The molecule has 1 amide bonds. The lowest BCUT2D eigenvalue weighted by molar-refractivity contribution is -0.137. The predicted octanol–water partition coefficient (Wildman–Crippen LogP) is 3.68. The van der Waals surface area contributed by atoms with Crippen molar-refractivity contribution in [2.24, 2.45) is 0 Å². The first-order chi connectivity index (χ1) is 15.0. The number of anilines is 1. The van der Waals surface area contributed by atoms with Crippen molar-refractivity contribution in [2.45, 2.75) is 37.5 Å². The number of benzene rings is 1. The highest BCUT2D eigenvalue weighted by Crippen LogP contribution is 2.57. The van der Waals surface area contributed by atoms with Gasteiger partial charge in [-0.1, -0.05) is 0 Å². The van der Waals surface area contributed by atoms with E-state index in [4.69, 9.17) is 0 Å². The van der Waals surface area contributed by atoms with Crippen LogP contribution in [0.3, 0.4) is 0 Å². The van der Waals surface area contributed by atoms with E-state index < -0.39 is 27.0 Å². The summed E-state index contributed by atoms with van der Waals surface area (Å²) in [7, 11) is -3.30. The number of fused-ring (bicyclic) bond motifs is 3. The number of carbonyl (C=O) groups is 1. The molecule has 168 valence electrons. The van der Waals surface area contributed by atoms with Gasteiger partial charge in [0.15, 0.2) is 0 Å². The van der Waals surface area contributed by atoms with Gasteiger partial charge in [-0.15, -0.1) is 0 Å². The van der Waals surface area contributed by atoms with E-state index in [1.54, 1.807) is 27.9 Å². The molecule has 3 heterocycles. The predicted molar refractivity (Wildman–Crippen MR) is 113 cm³/mol. The van der Waals surface area contributed by atoms with Crippen LogP contribution in [0.1, 0.15) is 29.7 Å². The van der Waals surface area contributed by atoms with E-state index >= 15 is 0 Å². The maximum absolute atomic E-state index is 13.2. The molecule has 2 aromatic heterocycles. The lowest BCUT2D eigenvalue weighted by Gasteiger charge is -2.19. The van der Waals surface area contributed by atoms with Crippen LogP contribution in [0, 0.1) is 0 Å². The van der Waals surface area contributed by atoms with E-state index in [0.717, 1.165) is 36.8 Å². The lowest BCUT2D eigenvalue weighted by Crippen LogP contribution is -2.32. The molecule has 0 bridgehead atoms. The molecule has 0 unspecified atom stereocenters. The largest absolute Gasteiger partial charge is 0.416 e. The maximum atomic E-state index is 13.2. The van der Waals surface area contributed by atoms with E-state index in [9.17, 15) is 26.4 Å². The maximum Gasteiger partial charge on any atom is 0.416 e. The minimum absolute atomic E-state index is 0.0450. The Morgan fingerprint density at radius 2 is 1.91 bits per heavy atom. The Morgan fingerprint density at radius 1 is 1.16 bits per heavy atom. The second-order valence-corrected chi connectivity index (χ2v) is 10.8. The quantitative estimate of drug-likeness (QED) is 0.579. The van der Waals surface area contributed by atoms with Crippen LogP contribution < -0.4 is 4.90 Å². The highest BCUT2D eigenvalue weighted by atomic mass is 32.2. The van der Waals surface area contributed by atoms with Gasteiger partial charge in [-0.25, -0.2) is 8.42 Å². The van der Waals surface area contributed by atoms with Crippen LogP contribution >= 0.6 is 0 Å². The molecule has 1 aromatic carbocycles. The Kier molecular flexibility index (Phi) is 4.47. The Hall–Kier alpha value is -2.88. The zero-order valence-electron chi connectivity index (χ0n) is 17.2. The van der Waals surface area contributed by atoms with Crippen LogP contribution in [0.4, 0.5) is 18.9 Å². The molecule has 1 saturated carbocycles. The zero-order valence-corrected chi connectivity index (χ0v) is 18.0. The molecule has 3 aromatic rings. The van der Waals surface area contributed by atoms with Gasteiger partial charge in [-0.05, 0) is 48.7 Å². The van der Waals surface area contributed by atoms with Crippen LogP contribution in [0.5, 0.6) is 0 Å². The molecular formula is C22H20F3N3O3S. The molecule has 5 rings (SSSR count). The van der Waals surface area contributed by atoms with Crippen LogP contribution in [-0.4, -0.2) is 35.9 Å². The van der Waals surface area contributed by atoms with Crippen molar-refractivity contribution in [3.05, 3.63) is 59.5 Å². The van der Waals surface area contributed by atoms with Gasteiger partial charge in [0.05, 0.1) is 35.2 Å². The van der Waals surface area contributed by atoms with Gasteiger partial charge in [0.2, 0.25) is 5.91 Å². The molecule has 32 heavy (non-hydrogen) atoms. The van der Waals surface area contributed by atoms with Gasteiger partial charge in [-0.3, -0.25) is 9.78 Å². The van der Waals surface area contributed by atoms with Gasteiger partial charge < -0.3 is 9.47 Å². The molecule has 1 spiro atoms. The molecule has 0 N–H and O–H groups in total. The van der Waals surface area contributed by atoms with Crippen molar-refractivity contribution in [1.29, 1.82) is 0 Å². The van der Waals surface area contributed by atoms with E-state index in [1.165, 1.54) is 6.07 Å². The minimum atomic E-state index is -4.49. The molecule has 0 saturated heterocycles. The molecule has 1 aliphatic carbocycles.